The first-order chi connectivity index (χ1) is 10.3. The van der Waals surface area contributed by atoms with Crippen molar-refractivity contribution in [3.63, 3.8) is 0 Å². The number of aliphatic hydroxyl groups is 1. The zero-order valence-corrected chi connectivity index (χ0v) is 16.1. The average Bonchev–Trinajstić information content (AvgIpc) is 2.75. The number of nitrogens with two attached hydrogens (primary N) is 1. The molecule has 0 amide bonds. The number of nitrogens with zero attached hydrogens (tertiary/aromatic N) is 4. The molecule has 2 rings (SSSR count). The number of aliphatic hydroxyl groups excluding tert-OH is 1. The van der Waals surface area contributed by atoms with E-state index < -0.39 is 5.09 Å². The maximum Gasteiger partial charge on any atom is 1.00 e. The fraction of sp³-hybridized carbons (Fsp3) is 0.417. The van der Waals surface area contributed by atoms with Gasteiger partial charge in [0.25, 0.3) is 5.09 Å². The maximum absolute atomic E-state index is 8.98. The van der Waals surface area contributed by atoms with Crippen molar-refractivity contribution in [2.75, 3.05) is 12.3 Å². The smallest absolute Gasteiger partial charge is 0.396 e. The summed E-state index contributed by atoms with van der Waals surface area (Å²) in [5.74, 6) is 1.22. The van der Waals surface area contributed by atoms with Crippen LogP contribution in [0.1, 0.15) is 22.0 Å². The van der Waals surface area contributed by atoms with E-state index in [1.165, 1.54) is 4.88 Å². The third-order valence-electron chi connectivity index (χ3n) is 2.85. The average molecular weight is 351 g/mol. The van der Waals surface area contributed by atoms with E-state index >= 15 is 0 Å². The molecule has 9 nitrogen and oxygen atoms in total. The van der Waals surface area contributed by atoms with Gasteiger partial charge in [0.05, 0.1) is 10.4 Å². The Hall–Kier alpha value is -1.33. The van der Waals surface area contributed by atoms with Crippen LogP contribution in [0.25, 0.3) is 0 Å². The Labute approximate surface area is 159 Å². The summed E-state index contributed by atoms with van der Waals surface area (Å²) in [5, 5.41) is 22.6. The van der Waals surface area contributed by atoms with Gasteiger partial charge in [0, 0.05) is 26.1 Å². The van der Waals surface area contributed by atoms with Crippen molar-refractivity contribution in [2.24, 2.45) is 0 Å². The van der Waals surface area contributed by atoms with Gasteiger partial charge in [0.1, 0.15) is 11.6 Å². The molecule has 0 spiro atoms. The number of rotatable bonds is 4. The Balaban J connectivity index is 0.000000871. The Bertz CT molecular complexity index is 648. The standard InChI is InChI=1S/C12H17N4OS.HNO3.Na/c1-8-11(3-4-17)18-7-16(8)6-10-5-14-9(2)15-12(10)13;2-1(3)4;/h5,7,17H,3-4,6H2,1-2H3,(H2,13,14,15);(H,2,3,4);/q+1;;+1. The third-order valence-corrected chi connectivity index (χ3v) is 4.00. The molecule has 0 aromatic carbocycles. The molecule has 0 bridgehead atoms. The van der Waals surface area contributed by atoms with Gasteiger partial charge in [-0.1, -0.05) is 11.3 Å². The largest absolute Gasteiger partial charge is 1.00 e. The minimum absolute atomic E-state index is 0. The number of thiazole rings is 1. The van der Waals surface area contributed by atoms with Crippen LogP contribution in [0.4, 0.5) is 5.82 Å². The van der Waals surface area contributed by atoms with Crippen LogP contribution < -0.4 is 39.9 Å². The Kier molecular flexibility index (Phi) is 9.84. The zero-order valence-electron chi connectivity index (χ0n) is 13.3. The monoisotopic (exact) mass is 351 g/mol. The van der Waals surface area contributed by atoms with E-state index in [0.717, 1.165) is 11.3 Å². The normalized spacial score (nSPS) is 9.52. The molecule has 0 fully saturated rings. The molecule has 0 unspecified atom stereocenters. The SMILES string of the molecule is Cc1ncc(C[n+]2csc(CCO)c2C)c(N)n1.O=[N+]([O-])O.[Na+]. The Morgan fingerprint density at radius 3 is 2.61 bits per heavy atom. The molecule has 11 heteroatoms. The summed E-state index contributed by atoms with van der Waals surface area (Å²) in [6.45, 7) is 4.71. The Morgan fingerprint density at radius 2 is 2.09 bits per heavy atom. The van der Waals surface area contributed by atoms with Crippen molar-refractivity contribution in [1.29, 1.82) is 0 Å². The molecular formula is C12H18N5NaO4S+2. The van der Waals surface area contributed by atoms with E-state index in [9.17, 15) is 0 Å². The van der Waals surface area contributed by atoms with Crippen molar-refractivity contribution < 1.29 is 49.5 Å². The van der Waals surface area contributed by atoms with Gasteiger partial charge in [0.15, 0.2) is 12.2 Å². The Morgan fingerprint density at radius 1 is 1.48 bits per heavy atom. The fourth-order valence-electron chi connectivity index (χ4n) is 1.77. The molecule has 0 radical (unpaired) electrons. The molecule has 0 saturated heterocycles. The van der Waals surface area contributed by atoms with Crippen LogP contribution in [-0.4, -0.2) is 32.0 Å². The van der Waals surface area contributed by atoms with E-state index in [-0.39, 0.29) is 36.2 Å². The third kappa shape index (κ3) is 7.18. The summed E-state index contributed by atoms with van der Waals surface area (Å²) in [4.78, 5) is 17.9. The van der Waals surface area contributed by atoms with Gasteiger partial charge in [-0.3, -0.25) is 0 Å². The van der Waals surface area contributed by atoms with Crippen molar-refractivity contribution in [1.82, 2.24) is 9.97 Å². The topological polar surface area (TPSA) is 139 Å². The first-order valence-corrected chi connectivity index (χ1v) is 7.21. The first-order valence-electron chi connectivity index (χ1n) is 6.33. The van der Waals surface area contributed by atoms with Crippen LogP contribution in [0, 0.1) is 24.0 Å². The predicted octanol–water partition coefficient (Wildman–Crippen LogP) is -2.74. The van der Waals surface area contributed by atoms with Gasteiger partial charge >= 0.3 is 29.6 Å². The molecule has 2 aromatic heterocycles. The number of hydrogen-bond acceptors (Lipinski definition) is 7. The van der Waals surface area contributed by atoms with Crippen LogP contribution in [0.3, 0.4) is 0 Å². The molecule has 0 aliphatic heterocycles. The second kappa shape index (κ2) is 10.4. The number of hydrogen-bond donors (Lipinski definition) is 3. The summed E-state index contributed by atoms with van der Waals surface area (Å²) >= 11 is 1.65. The van der Waals surface area contributed by atoms with Crippen LogP contribution in [-0.2, 0) is 13.0 Å². The van der Waals surface area contributed by atoms with Crippen molar-refractivity contribution in [2.45, 2.75) is 26.8 Å². The van der Waals surface area contributed by atoms with Gasteiger partial charge in [-0.05, 0) is 6.92 Å². The minimum atomic E-state index is -1.50. The molecule has 2 heterocycles. The minimum Gasteiger partial charge on any atom is -0.396 e. The summed E-state index contributed by atoms with van der Waals surface area (Å²) in [5.41, 5.74) is 10.0. The van der Waals surface area contributed by atoms with Crippen LogP contribution >= 0.6 is 11.3 Å². The molecule has 120 valence electrons. The van der Waals surface area contributed by atoms with Gasteiger partial charge in [-0.25, -0.2) is 9.97 Å². The second-order valence-corrected chi connectivity index (χ2v) is 5.34. The van der Waals surface area contributed by atoms with Crippen LogP contribution in [0.15, 0.2) is 11.7 Å². The van der Waals surface area contributed by atoms with E-state index in [4.69, 9.17) is 26.2 Å². The molecule has 0 aliphatic rings. The predicted molar refractivity (Wildman–Crippen MR) is 79.1 cm³/mol. The van der Waals surface area contributed by atoms with Crippen molar-refractivity contribution >= 4 is 17.2 Å². The molecule has 23 heavy (non-hydrogen) atoms. The van der Waals surface area contributed by atoms with Crippen LogP contribution in [0.5, 0.6) is 0 Å². The van der Waals surface area contributed by atoms with Crippen molar-refractivity contribution in [3.05, 3.63) is 43.8 Å². The number of nitrogen functional groups attached to an aromatic ring is 1. The number of aromatic nitrogens is 3. The van der Waals surface area contributed by atoms with E-state index in [2.05, 4.69) is 14.5 Å². The summed E-state index contributed by atoms with van der Waals surface area (Å²) in [6, 6.07) is 0. The first kappa shape index (κ1) is 21.7. The molecule has 0 atom stereocenters. The molecule has 0 aliphatic carbocycles. The number of anilines is 1. The summed E-state index contributed by atoms with van der Waals surface area (Å²) < 4.78 is 2.11. The quantitative estimate of drug-likeness (QED) is 0.235. The van der Waals surface area contributed by atoms with E-state index in [1.54, 1.807) is 17.5 Å². The van der Waals surface area contributed by atoms with E-state index in [0.29, 0.717) is 24.6 Å². The van der Waals surface area contributed by atoms with Crippen LogP contribution in [0.2, 0.25) is 0 Å². The zero-order chi connectivity index (χ0) is 16.7. The van der Waals surface area contributed by atoms with Gasteiger partial charge < -0.3 is 16.0 Å². The number of aryl methyl sites for hydroxylation is 1. The van der Waals surface area contributed by atoms with Gasteiger partial charge in [0.2, 0.25) is 5.51 Å². The van der Waals surface area contributed by atoms with Gasteiger partial charge in [-0.2, -0.15) is 4.57 Å². The molecular weight excluding hydrogens is 333 g/mol. The van der Waals surface area contributed by atoms with Crippen molar-refractivity contribution in [3.8, 4) is 0 Å². The molecule has 2 aromatic rings. The molecule has 4 N–H and O–H groups in total. The van der Waals surface area contributed by atoms with E-state index in [1.807, 2.05) is 19.4 Å². The fourth-order valence-corrected chi connectivity index (χ4v) is 2.75. The maximum atomic E-state index is 8.98. The second-order valence-electron chi connectivity index (χ2n) is 4.40. The molecule has 0 saturated carbocycles. The summed E-state index contributed by atoms with van der Waals surface area (Å²) in [7, 11) is 0. The van der Waals surface area contributed by atoms with Gasteiger partial charge in [-0.15, -0.1) is 10.1 Å². The summed E-state index contributed by atoms with van der Waals surface area (Å²) in [6.07, 6.45) is 2.47.